The molecular formula is C15H25N3. The Morgan fingerprint density at radius 3 is 2.28 bits per heavy atom. The van der Waals surface area contributed by atoms with Crippen LogP contribution in [0.5, 0.6) is 0 Å². The van der Waals surface area contributed by atoms with Crippen molar-refractivity contribution in [3.8, 4) is 0 Å². The second-order valence-corrected chi connectivity index (χ2v) is 6.18. The number of hydrogen-bond donors (Lipinski definition) is 1. The summed E-state index contributed by atoms with van der Waals surface area (Å²) in [7, 11) is 0. The first kappa shape index (κ1) is 12.2. The molecule has 2 fully saturated rings. The Balaban J connectivity index is 1.58. The monoisotopic (exact) mass is 247 g/mol. The predicted molar refractivity (Wildman–Crippen MR) is 72.5 cm³/mol. The molecule has 1 N–H and O–H groups in total. The quantitative estimate of drug-likeness (QED) is 0.821. The van der Waals surface area contributed by atoms with Crippen LogP contribution in [0.25, 0.3) is 0 Å². The summed E-state index contributed by atoms with van der Waals surface area (Å²) in [6, 6.07) is 0. The first-order chi connectivity index (χ1) is 8.92. The summed E-state index contributed by atoms with van der Waals surface area (Å²) < 4.78 is 0. The zero-order valence-corrected chi connectivity index (χ0v) is 11.3. The van der Waals surface area contributed by atoms with E-state index in [2.05, 4.69) is 10.2 Å². The van der Waals surface area contributed by atoms with Crippen LogP contribution in [0, 0.1) is 5.92 Å². The first-order valence-electron chi connectivity index (χ1n) is 7.83. The Morgan fingerprint density at radius 2 is 1.56 bits per heavy atom. The Hall–Kier alpha value is -0.860. The van der Waals surface area contributed by atoms with E-state index in [1.165, 1.54) is 64.2 Å². The van der Waals surface area contributed by atoms with Crippen LogP contribution in [0.4, 0.5) is 0 Å². The number of rotatable bonds is 3. The number of nitrogens with zero attached hydrogens (tertiary/aromatic N) is 2. The van der Waals surface area contributed by atoms with Gasteiger partial charge in [0.05, 0.1) is 0 Å². The third kappa shape index (κ3) is 2.93. The van der Waals surface area contributed by atoms with Gasteiger partial charge in [0.25, 0.3) is 0 Å². The Morgan fingerprint density at radius 1 is 0.889 bits per heavy atom. The van der Waals surface area contributed by atoms with Gasteiger partial charge in [-0.1, -0.05) is 51.4 Å². The molecule has 18 heavy (non-hydrogen) atoms. The molecule has 0 saturated heterocycles. The van der Waals surface area contributed by atoms with Gasteiger partial charge in [0.15, 0.2) is 5.82 Å². The third-order valence-electron chi connectivity index (χ3n) is 4.73. The van der Waals surface area contributed by atoms with Gasteiger partial charge in [0.2, 0.25) is 0 Å². The largest absolute Gasteiger partial charge is 0.263 e. The van der Waals surface area contributed by atoms with Crippen molar-refractivity contribution >= 4 is 0 Å². The molecule has 0 spiro atoms. The van der Waals surface area contributed by atoms with Gasteiger partial charge in [0, 0.05) is 12.3 Å². The predicted octanol–water partition coefficient (Wildman–Crippen LogP) is 3.98. The van der Waals surface area contributed by atoms with E-state index in [4.69, 9.17) is 4.98 Å². The zero-order valence-electron chi connectivity index (χ0n) is 11.3. The topological polar surface area (TPSA) is 41.6 Å². The van der Waals surface area contributed by atoms with Gasteiger partial charge in [0.1, 0.15) is 5.82 Å². The van der Waals surface area contributed by atoms with E-state index in [9.17, 15) is 0 Å². The minimum Gasteiger partial charge on any atom is -0.263 e. The van der Waals surface area contributed by atoms with Crippen molar-refractivity contribution in [3.63, 3.8) is 0 Å². The molecule has 2 saturated carbocycles. The van der Waals surface area contributed by atoms with E-state index in [1.54, 1.807) is 0 Å². The number of aromatic amines is 1. The normalized spacial score (nSPS) is 23.3. The minimum atomic E-state index is 0.643. The second-order valence-electron chi connectivity index (χ2n) is 6.18. The molecule has 0 atom stereocenters. The molecule has 3 heteroatoms. The van der Waals surface area contributed by atoms with Crippen LogP contribution in [-0.2, 0) is 6.42 Å². The van der Waals surface area contributed by atoms with Crippen molar-refractivity contribution in [3.05, 3.63) is 11.6 Å². The molecule has 1 heterocycles. The smallest absolute Gasteiger partial charge is 0.153 e. The maximum Gasteiger partial charge on any atom is 0.153 e. The molecular weight excluding hydrogens is 222 g/mol. The molecule has 0 bridgehead atoms. The molecule has 1 aromatic heterocycles. The molecule has 0 radical (unpaired) electrons. The molecule has 0 unspecified atom stereocenters. The van der Waals surface area contributed by atoms with Gasteiger partial charge in [-0.3, -0.25) is 5.10 Å². The lowest BCUT2D eigenvalue weighted by Crippen LogP contribution is -2.05. The highest BCUT2D eigenvalue weighted by atomic mass is 15.2. The van der Waals surface area contributed by atoms with Crippen molar-refractivity contribution in [1.82, 2.24) is 15.2 Å². The molecule has 100 valence electrons. The Labute approximate surface area is 110 Å². The van der Waals surface area contributed by atoms with Gasteiger partial charge in [-0.2, -0.15) is 5.10 Å². The second kappa shape index (κ2) is 5.85. The lowest BCUT2D eigenvalue weighted by Gasteiger charge is -2.11. The maximum atomic E-state index is 4.75. The van der Waals surface area contributed by atoms with Gasteiger partial charge in [-0.15, -0.1) is 0 Å². The van der Waals surface area contributed by atoms with Crippen LogP contribution in [0.2, 0.25) is 0 Å². The van der Waals surface area contributed by atoms with E-state index in [0.717, 1.165) is 24.0 Å². The highest BCUT2D eigenvalue weighted by Crippen LogP contribution is 2.32. The number of H-pyrrole nitrogens is 1. The number of aromatic nitrogens is 3. The van der Waals surface area contributed by atoms with Crippen molar-refractivity contribution in [2.24, 2.45) is 5.92 Å². The molecule has 2 aliphatic carbocycles. The van der Waals surface area contributed by atoms with Crippen molar-refractivity contribution in [2.45, 2.75) is 76.5 Å². The average molecular weight is 247 g/mol. The number of hydrogen-bond acceptors (Lipinski definition) is 2. The fraction of sp³-hybridized carbons (Fsp3) is 0.867. The summed E-state index contributed by atoms with van der Waals surface area (Å²) in [5, 5.41) is 7.64. The summed E-state index contributed by atoms with van der Waals surface area (Å²) in [4.78, 5) is 4.75. The summed E-state index contributed by atoms with van der Waals surface area (Å²) >= 11 is 0. The molecule has 2 aliphatic rings. The maximum absolute atomic E-state index is 4.75. The van der Waals surface area contributed by atoms with Gasteiger partial charge in [-0.05, 0) is 18.8 Å². The van der Waals surface area contributed by atoms with Crippen LogP contribution < -0.4 is 0 Å². The van der Waals surface area contributed by atoms with Crippen molar-refractivity contribution in [2.75, 3.05) is 0 Å². The van der Waals surface area contributed by atoms with E-state index < -0.39 is 0 Å². The van der Waals surface area contributed by atoms with E-state index in [-0.39, 0.29) is 0 Å². The van der Waals surface area contributed by atoms with Crippen LogP contribution in [0.15, 0.2) is 0 Å². The lowest BCUT2D eigenvalue weighted by molar-refractivity contribution is 0.448. The summed E-state index contributed by atoms with van der Waals surface area (Å²) in [6.07, 6.45) is 14.9. The van der Waals surface area contributed by atoms with Crippen molar-refractivity contribution in [1.29, 1.82) is 0 Å². The summed E-state index contributed by atoms with van der Waals surface area (Å²) in [5.41, 5.74) is 0. The number of nitrogens with one attached hydrogen (secondary N) is 1. The average Bonchev–Trinajstić information content (AvgIpc) is 2.98. The highest BCUT2D eigenvalue weighted by Gasteiger charge is 2.22. The third-order valence-corrected chi connectivity index (χ3v) is 4.73. The van der Waals surface area contributed by atoms with E-state index in [0.29, 0.717) is 5.92 Å². The summed E-state index contributed by atoms with van der Waals surface area (Å²) in [5.74, 6) is 3.72. The molecule has 0 aliphatic heterocycles. The van der Waals surface area contributed by atoms with Crippen LogP contribution in [-0.4, -0.2) is 15.2 Å². The lowest BCUT2D eigenvalue weighted by atomic mass is 9.96. The van der Waals surface area contributed by atoms with Crippen molar-refractivity contribution < 1.29 is 0 Å². The van der Waals surface area contributed by atoms with Gasteiger partial charge in [-0.25, -0.2) is 4.98 Å². The minimum absolute atomic E-state index is 0.643. The van der Waals surface area contributed by atoms with Crippen LogP contribution >= 0.6 is 0 Å². The van der Waals surface area contributed by atoms with E-state index >= 15 is 0 Å². The summed E-state index contributed by atoms with van der Waals surface area (Å²) in [6.45, 7) is 0. The van der Waals surface area contributed by atoms with Crippen LogP contribution in [0.1, 0.15) is 81.8 Å². The van der Waals surface area contributed by atoms with E-state index in [1.807, 2.05) is 0 Å². The molecule has 3 nitrogen and oxygen atoms in total. The standard InChI is InChI=1S/C15H25N3/c1-2-4-8-12(7-3-1)11-14-16-15(18-17-14)13-9-5-6-10-13/h12-13H,1-11H2,(H,16,17,18). The van der Waals surface area contributed by atoms with Crippen LogP contribution in [0.3, 0.4) is 0 Å². The van der Waals surface area contributed by atoms with Gasteiger partial charge >= 0.3 is 0 Å². The SMILES string of the molecule is C1CCCC(Cc2nc(C3CCCC3)n[nH]2)CC1. The highest BCUT2D eigenvalue weighted by molar-refractivity contribution is 5.00. The Kier molecular flexibility index (Phi) is 3.96. The van der Waals surface area contributed by atoms with Gasteiger partial charge < -0.3 is 0 Å². The fourth-order valence-electron chi connectivity index (χ4n) is 3.61. The first-order valence-corrected chi connectivity index (χ1v) is 7.83. The molecule has 3 rings (SSSR count). The molecule has 0 amide bonds. The molecule has 0 aromatic carbocycles. The fourth-order valence-corrected chi connectivity index (χ4v) is 3.61. The Bertz CT molecular complexity index is 358. The molecule has 1 aromatic rings. The zero-order chi connectivity index (χ0) is 12.2.